The predicted octanol–water partition coefficient (Wildman–Crippen LogP) is 3.13. The molecule has 0 unspecified atom stereocenters. The first-order valence-electron chi connectivity index (χ1n) is 5.33. The zero-order valence-corrected chi connectivity index (χ0v) is 12.2. The first kappa shape index (κ1) is 12.6. The van der Waals surface area contributed by atoms with Crippen molar-refractivity contribution in [2.75, 3.05) is 31.1 Å². The minimum absolute atomic E-state index is 0.244. The Morgan fingerprint density at radius 2 is 2.31 bits per heavy atom. The molecule has 2 heterocycles. The van der Waals surface area contributed by atoms with E-state index in [0.717, 1.165) is 28.2 Å². The lowest BCUT2D eigenvalue weighted by Crippen LogP contribution is -2.31. The van der Waals surface area contributed by atoms with Crippen LogP contribution in [0.15, 0.2) is 15.9 Å². The van der Waals surface area contributed by atoms with Crippen LogP contribution < -0.4 is 0 Å². The molecule has 0 saturated carbocycles. The Bertz CT molecular complexity index is 359. The van der Waals surface area contributed by atoms with Gasteiger partial charge in [0.2, 0.25) is 0 Å². The van der Waals surface area contributed by atoms with Crippen molar-refractivity contribution in [1.29, 1.82) is 0 Å². The Balaban J connectivity index is 1.93. The van der Waals surface area contributed by atoms with Gasteiger partial charge in [0.15, 0.2) is 5.78 Å². The van der Waals surface area contributed by atoms with E-state index in [1.807, 2.05) is 23.2 Å². The van der Waals surface area contributed by atoms with Crippen molar-refractivity contribution in [3.05, 3.63) is 20.8 Å². The molecule has 0 spiro atoms. The number of thioether (sulfide) groups is 1. The summed E-state index contributed by atoms with van der Waals surface area (Å²) in [5.41, 5.74) is 0. The molecular formula is C11H14BrNOS2. The molecule has 2 rings (SSSR count). The second-order valence-electron chi connectivity index (χ2n) is 3.76. The Morgan fingerprint density at radius 1 is 1.44 bits per heavy atom. The third-order valence-electron chi connectivity index (χ3n) is 2.55. The zero-order valence-electron chi connectivity index (χ0n) is 8.95. The van der Waals surface area contributed by atoms with Crippen molar-refractivity contribution in [1.82, 2.24) is 4.90 Å². The van der Waals surface area contributed by atoms with Crippen molar-refractivity contribution >= 4 is 44.8 Å². The largest absolute Gasteiger partial charge is 0.295 e. The topological polar surface area (TPSA) is 20.3 Å². The first-order valence-corrected chi connectivity index (χ1v) is 8.16. The average molecular weight is 320 g/mol. The predicted molar refractivity (Wildman–Crippen MR) is 74.7 cm³/mol. The summed E-state index contributed by atoms with van der Waals surface area (Å²) >= 11 is 6.92. The highest BCUT2D eigenvalue weighted by Gasteiger charge is 2.17. The van der Waals surface area contributed by atoms with Crippen LogP contribution in [0.5, 0.6) is 0 Å². The number of Topliss-reactive ketones (excluding diaryl/α,β-unsaturated/α-hetero) is 1. The van der Waals surface area contributed by atoms with E-state index < -0.39 is 0 Å². The maximum absolute atomic E-state index is 12.0. The molecule has 0 atom stereocenters. The molecule has 0 bridgehead atoms. The molecule has 1 aliphatic heterocycles. The summed E-state index contributed by atoms with van der Waals surface area (Å²) in [4.78, 5) is 15.2. The van der Waals surface area contributed by atoms with E-state index in [1.54, 1.807) is 0 Å². The molecule has 1 aromatic rings. The lowest BCUT2D eigenvalue weighted by atomic mass is 10.3. The summed E-state index contributed by atoms with van der Waals surface area (Å²) in [5.74, 6) is 2.63. The van der Waals surface area contributed by atoms with Crippen LogP contribution in [0.2, 0.25) is 0 Å². The minimum Gasteiger partial charge on any atom is -0.295 e. The van der Waals surface area contributed by atoms with Gasteiger partial charge < -0.3 is 0 Å². The van der Waals surface area contributed by atoms with Gasteiger partial charge in [-0.2, -0.15) is 11.8 Å². The minimum atomic E-state index is 0.244. The molecule has 0 N–H and O–H groups in total. The van der Waals surface area contributed by atoms with Gasteiger partial charge in [-0.25, -0.2) is 0 Å². The van der Waals surface area contributed by atoms with Crippen LogP contribution in [0, 0.1) is 0 Å². The fraction of sp³-hybridized carbons (Fsp3) is 0.545. The molecule has 88 valence electrons. The van der Waals surface area contributed by atoms with Gasteiger partial charge >= 0.3 is 0 Å². The number of halogens is 1. The van der Waals surface area contributed by atoms with E-state index in [9.17, 15) is 4.79 Å². The van der Waals surface area contributed by atoms with Crippen LogP contribution in [0.1, 0.15) is 16.1 Å². The molecular weight excluding hydrogens is 306 g/mol. The summed E-state index contributed by atoms with van der Waals surface area (Å²) in [6.07, 6.45) is 1.20. The van der Waals surface area contributed by atoms with Crippen LogP contribution in [-0.2, 0) is 0 Å². The molecule has 0 radical (unpaired) electrons. The number of ketones is 1. The number of nitrogens with zero attached hydrogens (tertiary/aromatic N) is 1. The van der Waals surface area contributed by atoms with E-state index in [0.29, 0.717) is 6.54 Å². The fourth-order valence-corrected chi connectivity index (χ4v) is 4.17. The SMILES string of the molecule is O=C(CN1CCCSCC1)c1sccc1Br. The normalized spacial score (nSPS) is 18.3. The van der Waals surface area contributed by atoms with Crippen molar-refractivity contribution in [2.24, 2.45) is 0 Å². The van der Waals surface area contributed by atoms with Gasteiger partial charge in [0.1, 0.15) is 0 Å². The molecule has 0 aromatic carbocycles. The average Bonchev–Trinajstić information content (AvgIpc) is 2.53. The van der Waals surface area contributed by atoms with Crippen LogP contribution in [-0.4, -0.2) is 41.8 Å². The lowest BCUT2D eigenvalue weighted by Gasteiger charge is -2.17. The number of carbonyl (C=O) groups excluding carboxylic acids is 1. The highest BCUT2D eigenvalue weighted by molar-refractivity contribution is 9.10. The fourth-order valence-electron chi connectivity index (χ4n) is 1.72. The summed E-state index contributed by atoms with van der Waals surface area (Å²) in [6.45, 7) is 2.67. The second-order valence-corrected chi connectivity index (χ2v) is 6.76. The van der Waals surface area contributed by atoms with E-state index in [4.69, 9.17) is 0 Å². The number of thiophene rings is 1. The van der Waals surface area contributed by atoms with E-state index in [-0.39, 0.29) is 5.78 Å². The molecule has 1 aliphatic rings. The second kappa shape index (κ2) is 6.19. The van der Waals surface area contributed by atoms with Gasteiger partial charge in [-0.15, -0.1) is 11.3 Å². The third-order valence-corrected chi connectivity index (χ3v) is 5.48. The van der Waals surface area contributed by atoms with Gasteiger partial charge in [-0.05, 0) is 46.1 Å². The van der Waals surface area contributed by atoms with Gasteiger partial charge in [0.25, 0.3) is 0 Å². The Kier molecular flexibility index (Phi) is 4.88. The highest BCUT2D eigenvalue weighted by atomic mass is 79.9. The van der Waals surface area contributed by atoms with Gasteiger partial charge in [-0.1, -0.05) is 0 Å². The third kappa shape index (κ3) is 3.32. The summed E-state index contributed by atoms with van der Waals surface area (Å²) in [6, 6.07) is 1.94. The maximum atomic E-state index is 12.0. The lowest BCUT2D eigenvalue weighted by molar-refractivity contribution is 0.0939. The number of hydrogen-bond donors (Lipinski definition) is 0. The number of hydrogen-bond acceptors (Lipinski definition) is 4. The van der Waals surface area contributed by atoms with Crippen LogP contribution in [0.4, 0.5) is 0 Å². The molecule has 1 fully saturated rings. The van der Waals surface area contributed by atoms with Crippen molar-refractivity contribution in [3.63, 3.8) is 0 Å². The van der Waals surface area contributed by atoms with Crippen LogP contribution in [0.25, 0.3) is 0 Å². The molecule has 5 heteroatoms. The van der Waals surface area contributed by atoms with E-state index >= 15 is 0 Å². The molecule has 1 aromatic heterocycles. The van der Waals surface area contributed by atoms with Crippen LogP contribution >= 0.6 is 39.0 Å². The summed E-state index contributed by atoms with van der Waals surface area (Å²) in [7, 11) is 0. The van der Waals surface area contributed by atoms with Crippen molar-refractivity contribution < 1.29 is 4.79 Å². The Labute approximate surface area is 113 Å². The van der Waals surface area contributed by atoms with Crippen molar-refractivity contribution in [3.8, 4) is 0 Å². The molecule has 1 saturated heterocycles. The van der Waals surface area contributed by atoms with Crippen molar-refractivity contribution in [2.45, 2.75) is 6.42 Å². The Morgan fingerprint density at radius 3 is 3.06 bits per heavy atom. The quantitative estimate of drug-likeness (QED) is 0.798. The zero-order chi connectivity index (χ0) is 11.4. The van der Waals surface area contributed by atoms with Crippen LogP contribution in [0.3, 0.4) is 0 Å². The highest BCUT2D eigenvalue weighted by Crippen LogP contribution is 2.23. The summed E-state index contributed by atoms with van der Waals surface area (Å²) < 4.78 is 0.937. The molecule has 2 nitrogen and oxygen atoms in total. The number of carbonyl (C=O) groups is 1. The van der Waals surface area contributed by atoms with Gasteiger partial charge in [0, 0.05) is 16.8 Å². The monoisotopic (exact) mass is 319 g/mol. The first-order chi connectivity index (χ1) is 7.77. The number of rotatable bonds is 3. The van der Waals surface area contributed by atoms with E-state index in [2.05, 4.69) is 20.8 Å². The molecule has 0 aliphatic carbocycles. The van der Waals surface area contributed by atoms with E-state index in [1.165, 1.54) is 23.5 Å². The van der Waals surface area contributed by atoms with Gasteiger partial charge in [0.05, 0.1) is 11.4 Å². The van der Waals surface area contributed by atoms with Gasteiger partial charge in [-0.3, -0.25) is 9.69 Å². The standard InChI is InChI=1S/C11H14BrNOS2/c12-9-2-6-16-11(9)10(14)8-13-3-1-5-15-7-4-13/h2,6H,1,3-5,7-8H2. The Hall–Kier alpha value is 0.160. The smallest absolute Gasteiger partial charge is 0.187 e. The molecule has 16 heavy (non-hydrogen) atoms. The molecule has 0 amide bonds. The maximum Gasteiger partial charge on any atom is 0.187 e. The summed E-state index contributed by atoms with van der Waals surface area (Å²) in [5, 5.41) is 1.95.